The Morgan fingerprint density at radius 3 is 2.36 bits per heavy atom. The summed E-state index contributed by atoms with van der Waals surface area (Å²) < 4.78 is 27.2. The van der Waals surface area contributed by atoms with Crippen LogP contribution < -0.4 is 0 Å². The Balaban J connectivity index is 1.92. The SMILES string of the molecule is Cc1ccc(S(=O)(=O)N(C)[C@@H]2Cc3ccccc3[C@H]2Br)cc1. The summed E-state index contributed by atoms with van der Waals surface area (Å²) in [5, 5.41) is 0. The number of hydrogen-bond donors (Lipinski definition) is 0. The lowest BCUT2D eigenvalue weighted by molar-refractivity contribution is 0.376. The van der Waals surface area contributed by atoms with Crippen molar-refractivity contribution in [3.63, 3.8) is 0 Å². The number of benzene rings is 2. The molecule has 0 N–H and O–H groups in total. The summed E-state index contributed by atoms with van der Waals surface area (Å²) in [6, 6.07) is 15.0. The van der Waals surface area contributed by atoms with E-state index in [0.29, 0.717) is 4.90 Å². The van der Waals surface area contributed by atoms with Crippen LogP contribution >= 0.6 is 15.9 Å². The van der Waals surface area contributed by atoms with Gasteiger partial charge in [-0.2, -0.15) is 4.31 Å². The average molecular weight is 380 g/mol. The first-order valence-electron chi connectivity index (χ1n) is 7.18. The molecule has 0 saturated carbocycles. The van der Waals surface area contributed by atoms with E-state index in [1.165, 1.54) is 15.4 Å². The minimum absolute atomic E-state index is 0.0222. The second-order valence-corrected chi connectivity index (χ2v) is 8.69. The first kappa shape index (κ1) is 15.7. The second-order valence-electron chi connectivity index (χ2n) is 5.71. The molecule has 0 fully saturated rings. The molecular formula is C17H18BrNO2S. The Morgan fingerprint density at radius 2 is 1.73 bits per heavy atom. The first-order valence-corrected chi connectivity index (χ1v) is 9.53. The Labute approximate surface area is 140 Å². The summed E-state index contributed by atoms with van der Waals surface area (Å²) in [5.41, 5.74) is 3.44. The van der Waals surface area contributed by atoms with Gasteiger partial charge >= 0.3 is 0 Å². The van der Waals surface area contributed by atoms with E-state index in [2.05, 4.69) is 28.1 Å². The van der Waals surface area contributed by atoms with Gasteiger partial charge in [-0.25, -0.2) is 8.42 Å². The molecule has 1 aliphatic rings. The lowest BCUT2D eigenvalue weighted by Gasteiger charge is -2.26. The fourth-order valence-corrected chi connectivity index (χ4v) is 5.40. The number of sulfonamides is 1. The van der Waals surface area contributed by atoms with E-state index in [1.807, 2.05) is 31.2 Å². The second kappa shape index (κ2) is 5.80. The molecule has 5 heteroatoms. The highest BCUT2D eigenvalue weighted by Crippen LogP contribution is 2.41. The van der Waals surface area contributed by atoms with Gasteiger partial charge in [-0.15, -0.1) is 0 Å². The fourth-order valence-electron chi connectivity index (χ4n) is 2.89. The topological polar surface area (TPSA) is 37.4 Å². The zero-order valence-electron chi connectivity index (χ0n) is 12.5. The lowest BCUT2D eigenvalue weighted by atomic mass is 10.1. The number of alkyl halides is 1. The van der Waals surface area contributed by atoms with Crippen LogP contribution in [0, 0.1) is 6.92 Å². The van der Waals surface area contributed by atoms with Crippen molar-refractivity contribution in [2.24, 2.45) is 0 Å². The molecule has 0 aromatic heterocycles. The third-order valence-corrected chi connectivity index (χ3v) is 7.28. The standard InChI is InChI=1S/C17H18BrNO2S/c1-12-7-9-14(10-8-12)22(20,21)19(2)16-11-13-5-3-4-6-15(13)17(16)18/h3-10,16-17H,11H2,1-2H3/t16-,17-/m1/s1. The van der Waals surface area contributed by atoms with Crippen molar-refractivity contribution in [2.45, 2.75) is 29.1 Å². The molecule has 1 aliphatic carbocycles. The highest BCUT2D eigenvalue weighted by molar-refractivity contribution is 9.09. The van der Waals surface area contributed by atoms with E-state index >= 15 is 0 Å². The summed E-state index contributed by atoms with van der Waals surface area (Å²) in [6.45, 7) is 1.95. The molecule has 2 aromatic carbocycles. The Morgan fingerprint density at radius 1 is 1.09 bits per heavy atom. The van der Waals surface area contributed by atoms with Crippen LogP contribution in [0.1, 0.15) is 21.5 Å². The van der Waals surface area contributed by atoms with Crippen molar-refractivity contribution in [3.8, 4) is 0 Å². The van der Waals surface area contributed by atoms with Crippen LogP contribution in [-0.2, 0) is 16.4 Å². The van der Waals surface area contributed by atoms with Gasteiger partial charge in [0.25, 0.3) is 0 Å². The molecule has 0 saturated heterocycles. The molecule has 2 atom stereocenters. The van der Waals surface area contributed by atoms with Crippen molar-refractivity contribution >= 4 is 26.0 Å². The van der Waals surface area contributed by atoms with E-state index in [1.54, 1.807) is 19.2 Å². The van der Waals surface area contributed by atoms with Gasteiger partial charge in [-0.1, -0.05) is 57.9 Å². The van der Waals surface area contributed by atoms with E-state index in [9.17, 15) is 8.42 Å². The zero-order chi connectivity index (χ0) is 15.9. The van der Waals surface area contributed by atoms with Crippen LogP contribution in [0.3, 0.4) is 0 Å². The Bertz CT molecular complexity index is 787. The third kappa shape index (κ3) is 2.62. The number of nitrogens with zero attached hydrogens (tertiary/aromatic N) is 1. The molecule has 3 rings (SSSR count). The van der Waals surface area contributed by atoms with Crippen LogP contribution in [-0.4, -0.2) is 25.8 Å². The summed E-state index contributed by atoms with van der Waals surface area (Å²) in [6.07, 6.45) is 0.730. The smallest absolute Gasteiger partial charge is 0.207 e. The molecule has 0 unspecified atom stereocenters. The van der Waals surface area contributed by atoms with Crippen LogP contribution in [0.4, 0.5) is 0 Å². The van der Waals surface area contributed by atoms with E-state index in [0.717, 1.165) is 12.0 Å². The molecular weight excluding hydrogens is 362 g/mol. The molecule has 2 aromatic rings. The van der Waals surface area contributed by atoms with Crippen molar-refractivity contribution in [1.82, 2.24) is 4.31 Å². The van der Waals surface area contributed by atoms with Gasteiger partial charge in [-0.3, -0.25) is 0 Å². The molecule has 22 heavy (non-hydrogen) atoms. The minimum Gasteiger partial charge on any atom is -0.207 e. The van der Waals surface area contributed by atoms with Crippen LogP contribution in [0.15, 0.2) is 53.4 Å². The first-order chi connectivity index (χ1) is 10.4. The van der Waals surface area contributed by atoms with Gasteiger partial charge < -0.3 is 0 Å². The van der Waals surface area contributed by atoms with Crippen LogP contribution in [0.2, 0.25) is 0 Å². The van der Waals surface area contributed by atoms with E-state index < -0.39 is 10.0 Å². The largest absolute Gasteiger partial charge is 0.243 e. The van der Waals surface area contributed by atoms with E-state index in [4.69, 9.17) is 0 Å². The van der Waals surface area contributed by atoms with Crippen LogP contribution in [0.25, 0.3) is 0 Å². The van der Waals surface area contributed by atoms with Crippen molar-refractivity contribution in [1.29, 1.82) is 0 Å². The molecule has 0 aliphatic heterocycles. The summed E-state index contributed by atoms with van der Waals surface area (Å²) in [7, 11) is -1.82. The van der Waals surface area contributed by atoms with Crippen molar-refractivity contribution in [2.75, 3.05) is 7.05 Å². The molecule has 0 heterocycles. The predicted octanol–water partition coefficient (Wildman–Crippen LogP) is 3.68. The number of rotatable bonds is 3. The summed E-state index contributed by atoms with van der Waals surface area (Å²) >= 11 is 3.67. The molecule has 0 spiro atoms. The number of aryl methyl sites for hydroxylation is 1. The molecule has 0 radical (unpaired) electrons. The molecule has 3 nitrogen and oxygen atoms in total. The fraction of sp³-hybridized carbons (Fsp3) is 0.294. The number of hydrogen-bond acceptors (Lipinski definition) is 2. The molecule has 0 bridgehead atoms. The summed E-state index contributed by atoms with van der Waals surface area (Å²) in [4.78, 5) is 0.366. The monoisotopic (exact) mass is 379 g/mol. The Kier molecular flexibility index (Phi) is 4.14. The number of likely N-dealkylation sites (N-methyl/N-ethyl adjacent to an activating group) is 1. The molecule has 116 valence electrons. The highest BCUT2D eigenvalue weighted by Gasteiger charge is 2.38. The van der Waals surface area contributed by atoms with E-state index in [-0.39, 0.29) is 10.9 Å². The van der Waals surface area contributed by atoms with Crippen molar-refractivity contribution in [3.05, 3.63) is 65.2 Å². The summed E-state index contributed by atoms with van der Waals surface area (Å²) in [5.74, 6) is 0. The predicted molar refractivity (Wildman–Crippen MR) is 91.7 cm³/mol. The van der Waals surface area contributed by atoms with Gasteiger partial charge in [0.15, 0.2) is 0 Å². The van der Waals surface area contributed by atoms with Gasteiger partial charge in [0.1, 0.15) is 0 Å². The number of fused-ring (bicyclic) bond motifs is 1. The third-order valence-electron chi connectivity index (χ3n) is 4.28. The average Bonchev–Trinajstić information content (AvgIpc) is 2.84. The number of halogens is 1. The van der Waals surface area contributed by atoms with Crippen LogP contribution in [0.5, 0.6) is 0 Å². The van der Waals surface area contributed by atoms with Gasteiger partial charge in [-0.05, 0) is 36.6 Å². The lowest BCUT2D eigenvalue weighted by Crippen LogP contribution is -2.38. The normalized spacial score (nSPS) is 21.1. The maximum absolute atomic E-state index is 12.8. The zero-order valence-corrected chi connectivity index (χ0v) is 14.9. The van der Waals surface area contributed by atoms with Gasteiger partial charge in [0.2, 0.25) is 10.0 Å². The Hall–Kier alpha value is -1.17. The molecule has 0 amide bonds. The maximum Gasteiger partial charge on any atom is 0.243 e. The highest BCUT2D eigenvalue weighted by atomic mass is 79.9. The van der Waals surface area contributed by atoms with Gasteiger partial charge in [0.05, 0.1) is 9.72 Å². The van der Waals surface area contributed by atoms with Crippen molar-refractivity contribution < 1.29 is 8.42 Å². The minimum atomic E-state index is -3.49. The maximum atomic E-state index is 12.8. The van der Waals surface area contributed by atoms with Gasteiger partial charge in [0, 0.05) is 13.1 Å². The quantitative estimate of drug-likeness (QED) is 0.762.